The van der Waals surface area contributed by atoms with Crippen LogP contribution in [0.3, 0.4) is 0 Å². The Morgan fingerprint density at radius 1 is 1.08 bits per heavy atom. The summed E-state index contributed by atoms with van der Waals surface area (Å²) in [6, 6.07) is 16.9. The van der Waals surface area contributed by atoms with Crippen LogP contribution in [0.1, 0.15) is 22.3 Å². The largest absolute Gasteiger partial charge is 0.478 e. The number of rotatable bonds is 6. The van der Waals surface area contributed by atoms with Crippen molar-refractivity contribution in [2.24, 2.45) is 4.99 Å². The summed E-state index contributed by atoms with van der Waals surface area (Å²) in [6.07, 6.45) is -0.107. The average molecular weight is 522 g/mol. The monoisotopic (exact) mass is 521 g/mol. The molecule has 3 aromatic carbocycles. The molecule has 1 fully saturated rings. The van der Waals surface area contributed by atoms with Crippen molar-refractivity contribution in [2.45, 2.75) is 18.2 Å². The van der Waals surface area contributed by atoms with E-state index >= 15 is 0 Å². The molecule has 188 valence electrons. The molecule has 0 spiro atoms. The zero-order valence-electron chi connectivity index (χ0n) is 19.2. The molecule has 9 nitrogen and oxygen atoms in total. The first kappa shape index (κ1) is 24.3. The number of benzene rings is 3. The second-order valence-electron chi connectivity index (χ2n) is 8.20. The summed E-state index contributed by atoms with van der Waals surface area (Å²) in [4.78, 5) is 43.1. The van der Waals surface area contributed by atoms with Crippen LogP contribution < -0.4 is 14.8 Å². The number of aliphatic imine (C=N–C) groups is 1. The first-order valence-electron chi connectivity index (χ1n) is 11.2. The van der Waals surface area contributed by atoms with Crippen molar-refractivity contribution in [3.8, 4) is 11.5 Å². The number of amidine groups is 1. The van der Waals surface area contributed by atoms with Crippen LogP contribution in [0.5, 0.6) is 11.5 Å². The van der Waals surface area contributed by atoms with Crippen molar-refractivity contribution in [2.75, 3.05) is 12.1 Å². The molecule has 37 heavy (non-hydrogen) atoms. The number of para-hydroxylation sites is 1. The molecule has 2 amide bonds. The van der Waals surface area contributed by atoms with Crippen molar-refractivity contribution in [3.05, 3.63) is 83.7 Å². The fraction of sp³-hybridized carbons (Fsp3) is 0.154. The van der Waals surface area contributed by atoms with Crippen LogP contribution >= 0.6 is 11.8 Å². The Morgan fingerprint density at radius 2 is 1.84 bits per heavy atom. The van der Waals surface area contributed by atoms with Gasteiger partial charge in [-0.3, -0.25) is 14.5 Å². The van der Waals surface area contributed by atoms with Gasteiger partial charge in [-0.15, -0.1) is 0 Å². The second kappa shape index (κ2) is 10.3. The summed E-state index contributed by atoms with van der Waals surface area (Å²) in [5.74, 6) is -1.28. The van der Waals surface area contributed by atoms with Gasteiger partial charge in [0.1, 0.15) is 16.8 Å². The lowest BCUT2D eigenvalue weighted by atomic mass is 10.1. The number of amides is 2. The zero-order chi connectivity index (χ0) is 25.9. The first-order valence-corrected chi connectivity index (χ1v) is 12.1. The number of aromatic carboxylic acids is 1. The summed E-state index contributed by atoms with van der Waals surface area (Å²) in [5, 5.41) is 11.1. The van der Waals surface area contributed by atoms with Gasteiger partial charge >= 0.3 is 5.97 Å². The van der Waals surface area contributed by atoms with Gasteiger partial charge in [-0.25, -0.2) is 14.2 Å². The van der Waals surface area contributed by atoms with Crippen LogP contribution in [0.2, 0.25) is 0 Å². The van der Waals surface area contributed by atoms with E-state index in [9.17, 15) is 18.8 Å². The van der Waals surface area contributed by atoms with E-state index in [1.165, 1.54) is 47.4 Å². The number of carbonyl (C=O) groups excluding carboxylic acids is 2. The fourth-order valence-electron chi connectivity index (χ4n) is 3.78. The molecule has 0 saturated carbocycles. The van der Waals surface area contributed by atoms with Gasteiger partial charge in [0, 0.05) is 12.1 Å². The van der Waals surface area contributed by atoms with Crippen molar-refractivity contribution < 1.29 is 33.4 Å². The summed E-state index contributed by atoms with van der Waals surface area (Å²) >= 11 is 1.05. The molecule has 11 heteroatoms. The van der Waals surface area contributed by atoms with Crippen LogP contribution in [0.25, 0.3) is 0 Å². The highest BCUT2D eigenvalue weighted by Gasteiger charge is 2.36. The number of thioether (sulfide) groups is 1. The number of ether oxygens (including phenoxy) is 2. The number of nitrogens with zero attached hydrogens (tertiary/aromatic N) is 2. The molecule has 5 rings (SSSR count). The average Bonchev–Trinajstić information content (AvgIpc) is 3.35. The summed E-state index contributed by atoms with van der Waals surface area (Å²) in [5.41, 5.74) is 1.26. The number of halogens is 1. The third-order valence-corrected chi connectivity index (χ3v) is 6.87. The van der Waals surface area contributed by atoms with Crippen LogP contribution in [0.4, 0.5) is 15.8 Å². The van der Waals surface area contributed by atoms with Gasteiger partial charge in [0.15, 0.2) is 16.7 Å². The van der Waals surface area contributed by atoms with Gasteiger partial charge in [0.2, 0.25) is 18.6 Å². The Morgan fingerprint density at radius 3 is 2.59 bits per heavy atom. The Balaban J connectivity index is 1.39. The standard InChI is InChI=1S/C26H20FN3O6S/c27-18-3-1-2-4-19(18)29-26-30(13-15-5-10-20-21(11-15)36-14-35-20)23(31)12-22(37-26)24(32)28-17-8-6-16(7-9-17)25(33)34/h1-11,22H,12-14H2,(H,28,32)(H,33,34)/t22-/m1/s1. The summed E-state index contributed by atoms with van der Waals surface area (Å²) in [6.45, 7) is 0.258. The predicted octanol–water partition coefficient (Wildman–Crippen LogP) is 4.41. The fourth-order valence-corrected chi connectivity index (χ4v) is 4.87. The van der Waals surface area contributed by atoms with Gasteiger partial charge in [0.05, 0.1) is 12.1 Å². The molecule has 2 heterocycles. The third kappa shape index (κ3) is 5.41. The van der Waals surface area contributed by atoms with Crippen molar-refractivity contribution in [3.63, 3.8) is 0 Å². The normalized spacial score (nSPS) is 17.6. The number of carboxylic acids is 1. The smallest absolute Gasteiger partial charge is 0.335 e. The molecule has 3 aromatic rings. The van der Waals surface area contributed by atoms with Gasteiger partial charge in [-0.1, -0.05) is 30.0 Å². The quantitative estimate of drug-likeness (QED) is 0.493. The SMILES string of the molecule is O=C(O)c1ccc(NC(=O)[C@H]2CC(=O)N(Cc3ccc4c(c3)OCO4)C(=Nc3ccccc3F)S2)cc1. The van der Waals surface area contributed by atoms with E-state index in [-0.39, 0.29) is 42.1 Å². The lowest BCUT2D eigenvalue weighted by molar-refractivity contribution is -0.129. The Bertz CT molecular complexity index is 1410. The molecular weight excluding hydrogens is 501 g/mol. The third-order valence-electron chi connectivity index (χ3n) is 5.68. The topological polar surface area (TPSA) is 118 Å². The van der Waals surface area contributed by atoms with E-state index in [2.05, 4.69) is 10.3 Å². The number of hydrogen-bond donors (Lipinski definition) is 2. The maximum absolute atomic E-state index is 14.4. The molecule has 0 unspecified atom stereocenters. The number of carboxylic acid groups (broad SMARTS) is 1. The summed E-state index contributed by atoms with van der Waals surface area (Å²) in [7, 11) is 0. The van der Waals surface area contributed by atoms with Gasteiger partial charge in [-0.05, 0) is 54.1 Å². The predicted molar refractivity (Wildman–Crippen MR) is 135 cm³/mol. The van der Waals surface area contributed by atoms with E-state index in [4.69, 9.17) is 14.6 Å². The molecule has 1 atom stereocenters. The number of fused-ring (bicyclic) bond motifs is 1. The highest BCUT2D eigenvalue weighted by Crippen LogP contribution is 2.35. The van der Waals surface area contributed by atoms with Crippen LogP contribution in [-0.4, -0.2) is 45.0 Å². The Hall–Kier alpha value is -4.38. The highest BCUT2D eigenvalue weighted by atomic mass is 32.2. The molecule has 0 bridgehead atoms. The number of hydrogen-bond acceptors (Lipinski definition) is 7. The molecule has 2 aliphatic rings. The zero-order valence-corrected chi connectivity index (χ0v) is 20.0. The summed E-state index contributed by atoms with van der Waals surface area (Å²) < 4.78 is 25.2. The van der Waals surface area contributed by atoms with E-state index in [1.54, 1.807) is 24.3 Å². The van der Waals surface area contributed by atoms with Crippen molar-refractivity contribution >= 4 is 46.1 Å². The molecule has 2 N–H and O–H groups in total. The lowest BCUT2D eigenvalue weighted by Gasteiger charge is -2.32. The van der Waals surface area contributed by atoms with E-state index < -0.39 is 22.9 Å². The number of carbonyl (C=O) groups is 3. The molecule has 0 radical (unpaired) electrons. The number of nitrogens with one attached hydrogen (secondary N) is 1. The van der Waals surface area contributed by atoms with E-state index in [0.29, 0.717) is 17.2 Å². The number of anilines is 1. The minimum absolute atomic E-state index is 0.0406. The van der Waals surface area contributed by atoms with Crippen LogP contribution in [0, 0.1) is 5.82 Å². The molecule has 1 saturated heterocycles. The maximum atomic E-state index is 14.4. The molecule has 0 aromatic heterocycles. The van der Waals surface area contributed by atoms with Crippen LogP contribution in [0.15, 0.2) is 71.7 Å². The van der Waals surface area contributed by atoms with Gasteiger partial charge in [0.25, 0.3) is 0 Å². The van der Waals surface area contributed by atoms with Crippen molar-refractivity contribution in [1.29, 1.82) is 0 Å². The second-order valence-corrected chi connectivity index (χ2v) is 9.37. The van der Waals surface area contributed by atoms with Gasteiger partial charge in [-0.2, -0.15) is 0 Å². The molecular formula is C26H20FN3O6S. The maximum Gasteiger partial charge on any atom is 0.335 e. The Labute approximate surface area is 214 Å². The van der Waals surface area contributed by atoms with E-state index in [0.717, 1.165) is 17.3 Å². The first-order chi connectivity index (χ1) is 17.9. The molecule has 0 aliphatic carbocycles. The van der Waals surface area contributed by atoms with E-state index in [1.807, 2.05) is 0 Å². The minimum atomic E-state index is -1.08. The highest BCUT2D eigenvalue weighted by molar-refractivity contribution is 8.15. The van der Waals surface area contributed by atoms with Crippen molar-refractivity contribution in [1.82, 2.24) is 4.90 Å². The van der Waals surface area contributed by atoms with Crippen LogP contribution in [-0.2, 0) is 16.1 Å². The Kier molecular flexibility index (Phi) is 6.78. The minimum Gasteiger partial charge on any atom is -0.478 e. The van der Waals surface area contributed by atoms with Gasteiger partial charge < -0.3 is 19.9 Å². The molecule has 2 aliphatic heterocycles. The lowest BCUT2D eigenvalue weighted by Crippen LogP contribution is -2.44.